The average molecular weight is 353 g/mol. The first-order chi connectivity index (χ1) is 12.4. The second-order valence-electron chi connectivity index (χ2n) is 5.58. The van der Waals surface area contributed by atoms with Gasteiger partial charge in [0.25, 0.3) is 5.91 Å². The fraction of sp³-hybridized carbons (Fsp3) is 0.0588. The van der Waals surface area contributed by atoms with Crippen LogP contribution in [0.4, 0.5) is 16.3 Å². The first-order valence-corrected chi connectivity index (χ1v) is 7.53. The Bertz CT molecular complexity index is 1040. The summed E-state index contributed by atoms with van der Waals surface area (Å²) in [4.78, 5) is 36.3. The van der Waals surface area contributed by atoms with Crippen LogP contribution < -0.4 is 21.5 Å². The Morgan fingerprint density at radius 2 is 1.92 bits per heavy atom. The molecule has 0 bridgehead atoms. The van der Waals surface area contributed by atoms with E-state index in [4.69, 9.17) is 16.2 Å². The summed E-state index contributed by atoms with van der Waals surface area (Å²) in [5.74, 6) is 0.445. The Morgan fingerprint density at radius 1 is 1.15 bits per heavy atom. The van der Waals surface area contributed by atoms with Crippen molar-refractivity contribution in [3.8, 4) is 11.5 Å². The minimum absolute atomic E-state index is 0.120. The molecule has 1 aromatic heterocycles. The van der Waals surface area contributed by atoms with Gasteiger partial charge < -0.3 is 21.2 Å². The van der Waals surface area contributed by atoms with E-state index in [2.05, 4.69) is 15.5 Å². The van der Waals surface area contributed by atoms with E-state index in [0.29, 0.717) is 28.1 Å². The molecule has 0 saturated carbocycles. The van der Waals surface area contributed by atoms with Gasteiger partial charge in [0.2, 0.25) is 0 Å². The molecule has 3 rings (SSSR count). The number of hydrogen-bond donors (Lipinski definition) is 4. The summed E-state index contributed by atoms with van der Waals surface area (Å²) in [6.45, 7) is 1.79. The van der Waals surface area contributed by atoms with E-state index >= 15 is 0 Å². The Balaban J connectivity index is 2.00. The lowest BCUT2D eigenvalue weighted by atomic mass is 10.1. The van der Waals surface area contributed by atoms with Crippen LogP contribution in [0.1, 0.15) is 15.9 Å². The summed E-state index contributed by atoms with van der Waals surface area (Å²) in [5, 5.41) is 5.73. The maximum absolute atomic E-state index is 11.7. The molecule has 9 heteroatoms. The topological polar surface area (TPSA) is 153 Å². The average Bonchev–Trinajstić information content (AvgIpc) is 2.93. The number of H-pyrrole nitrogens is 1. The molecule has 0 aliphatic carbocycles. The lowest BCUT2D eigenvalue weighted by Gasteiger charge is -2.09. The smallest absolute Gasteiger partial charge is 0.317 e. The van der Waals surface area contributed by atoms with Crippen LogP contribution in [0, 0.1) is 11.8 Å². The maximum Gasteiger partial charge on any atom is 0.317 e. The number of aromatic nitrogens is 1. The number of ether oxygens (including phenoxy) is 1. The Labute approximate surface area is 147 Å². The van der Waals surface area contributed by atoms with Gasteiger partial charge >= 0.3 is 6.03 Å². The molecule has 3 amide bonds. The van der Waals surface area contributed by atoms with E-state index in [1.807, 2.05) is 0 Å². The number of carbonyl (C=O) groups excluding carboxylic acids is 2. The van der Waals surface area contributed by atoms with Crippen LogP contribution in [0.2, 0.25) is 0 Å². The monoisotopic (exact) mass is 353 g/mol. The first kappa shape index (κ1) is 17.0. The number of amides is 3. The van der Waals surface area contributed by atoms with Crippen molar-refractivity contribution < 1.29 is 14.3 Å². The van der Waals surface area contributed by atoms with Crippen molar-refractivity contribution in [1.29, 1.82) is 0 Å². The van der Waals surface area contributed by atoms with Crippen LogP contribution in [0.25, 0.3) is 10.9 Å². The highest BCUT2D eigenvalue weighted by Crippen LogP contribution is 2.32. The van der Waals surface area contributed by atoms with E-state index < -0.39 is 11.9 Å². The molecule has 0 unspecified atom stereocenters. The first-order valence-electron chi connectivity index (χ1n) is 7.53. The predicted molar refractivity (Wildman–Crippen MR) is 96.7 cm³/mol. The minimum Gasteiger partial charge on any atom is -0.457 e. The maximum atomic E-state index is 11.7. The number of nitrogens with one attached hydrogen (secondary N) is 2. The molecule has 3 aromatic rings. The van der Waals surface area contributed by atoms with E-state index in [1.165, 1.54) is 0 Å². The minimum atomic E-state index is -0.824. The molecule has 0 spiro atoms. The lowest BCUT2D eigenvalue weighted by molar-refractivity contribution is 0.100. The number of benzene rings is 2. The van der Waals surface area contributed by atoms with Crippen LogP contribution in [-0.4, -0.2) is 16.9 Å². The van der Waals surface area contributed by atoms with Gasteiger partial charge in [0.15, 0.2) is 0 Å². The molecule has 9 nitrogen and oxygen atoms in total. The SMILES string of the molecule is Cc1cc(N=O)ccc1Oc1ccc2c(C(N)=O)c(NC(N)=O)[nH]c2c1. The molecule has 0 aliphatic heterocycles. The zero-order chi connectivity index (χ0) is 18.8. The number of aryl methyl sites for hydroxylation is 1. The van der Waals surface area contributed by atoms with Gasteiger partial charge in [-0.15, -0.1) is 4.91 Å². The fourth-order valence-electron chi connectivity index (χ4n) is 2.64. The third-order valence-corrected chi connectivity index (χ3v) is 3.76. The summed E-state index contributed by atoms with van der Waals surface area (Å²) in [7, 11) is 0. The molecule has 0 saturated heterocycles. The Morgan fingerprint density at radius 3 is 2.54 bits per heavy atom. The summed E-state index contributed by atoms with van der Waals surface area (Å²) in [5.41, 5.74) is 12.2. The summed E-state index contributed by atoms with van der Waals surface area (Å²) in [6, 6.07) is 8.92. The van der Waals surface area contributed by atoms with Crippen molar-refractivity contribution in [2.45, 2.75) is 6.92 Å². The van der Waals surface area contributed by atoms with Gasteiger partial charge in [-0.1, -0.05) is 0 Å². The van der Waals surface area contributed by atoms with E-state index in [0.717, 1.165) is 5.56 Å². The van der Waals surface area contributed by atoms with Crippen molar-refractivity contribution in [3.63, 3.8) is 0 Å². The van der Waals surface area contributed by atoms with Crippen molar-refractivity contribution in [2.75, 3.05) is 5.32 Å². The van der Waals surface area contributed by atoms with Crippen LogP contribution in [0.15, 0.2) is 41.6 Å². The molecule has 26 heavy (non-hydrogen) atoms. The molecule has 0 aliphatic rings. The highest BCUT2D eigenvalue weighted by molar-refractivity contribution is 6.13. The third kappa shape index (κ3) is 3.18. The zero-order valence-corrected chi connectivity index (χ0v) is 13.7. The summed E-state index contributed by atoms with van der Waals surface area (Å²) < 4.78 is 5.82. The molecule has 0 fully saturated rings. The lowest BCUT2D eigenvalue weighted by Crippen LogP contribution is -2.22. The van der Waals surface area contributed by atoms with Crippen molar-refractivity contribution in [1.82, 2.24) is 4.98 Å². The molecule has 0 atom stereocenters. The highest BCUT2D eigenvalue weighted by Gasteiger charge is 2.18. The molecule has 6 N–H and O–H groups in total. The van der Waals surface area contributed by atoms with Crippen LogP contribution >= 0.6 is 0 Å². The van der Waals surface area contributed by atoms with Gasteiger partial charge in [-0.2, -0.15) is 0 Å². The number of anilines is 1. The second kappa shape index (κ2) is 6.55. The van der Waals surface area contributed by atoms with Gasteiger partial charge in [-0.05, 0) is 48.0 Å². The Kier molecular flexibility index (Phi) is 4.27. The molecular formula is C17H15N5O4. The van der Waals surface area contributed by atoms with Crippen molar-refractivity contribution in [3.05, 3.63) is 52.4 Å². The van der Waals surface area contributed by atoms with Gasteiger partial charge in [-0.3, -0.25) is 10.1 Å². The van der Waals surface area contributed by atoms with E-state index in [-0.39, 0.29) is 11.4 Å². The number of rotatable bonds is 5. The van der Waals surface area contributed by atoms with Gasteiger partial charge in [0.1, 0.15) is 23.0 Å². The number of primary amides is 2. The molecular weight excluding hydrogens is 338 g/mol. The van der Waals surface area contributed by atoms with Crippen LogP contribution in [0.5, 0.6) is 11.5 Å². The van der Waals surface area contributed by atoms with Crippen LogP contribution in [0.3, 0.4) is 0 Å². The highest BCUT2D eigenvalue weighted by atomic mass is 16.5. The normalized spacial score (nSPS) is 10.5. The molecule has 0 radical (unpaired) electrons. The quantitative estimate of drug-likeness (QED) is 0.520. The van der Waals surface area contributed by atoms with Crippen molar-refractivity contribution in [2.24, 2.45) is 16.6 Å². The number of hydrogen-bond acceptors (Lipinski definition) is 5. The van der Waals surface area contributed by atoms with Crippen LogP contribution in [-0.2, 0) is 0 Å². The Hall–Kier alpha value is -3.88. The number of nitroso groups, excluding NO2 is 1. The van der Waals surface area contributed by atoms with Gasteiger partial charge in [0, 0.05) is 11.5 Å². The third-order valence-electron chi connectivity index (χ3n) is 3.76. The number of urea groups is 1. The standard InChI is InChI=1S/C17H15N5O4/c1-8-6-9(22-25)2-5-13(8)26-10-3-4-11-12(7-10)20-16(21-17(19)24)14(11)15(18)23/h2-7,20H,1H3,(H2,18,23)(H3,19,21,24). The number of aromatic amines is 1. The molecule has 2 aromatic carbocycles. The largest absolute Gasteiger partial charge is 0.457 e. The molecule has 132 valence electrons. The fourth-order valence-corrected chi connectivity index (χ4v) is 2.64. The molecule has 1 heterocycles. The number of carbonyl (C=O) groups is 2. The number of fused-ring (bicyclic) bond motifs is 1. The predicted octanol–water partition coefficient (Wildman–Crippen LogP) is 3.26. The summed E-state index contributed by atoms with van der Waals surface area (Å²) >= 11 is 0. The summed E-state index contributed by atoms with van der Waals surface area (Å²) in [6.07, 6.45) is 0. The van der Waals surface area contributed by atoms with Gasteiger partial charge in [0.05, 0.1) is 11.1 Å². The van der Waals surface area contributed by atoms with E-state index in [1.54, 1.807) is 43.3 Å². The van der Waals surface area contributed by atoms with E-state index in [9.17, 15) is 14.5 Å². The zero-order valence-electron chi connectivity index (χ0n) is 13.7. The number of nitrogens with two attached hydrogens (primary N) is 2. The number of nitrogens with zero attached hydrogens (tertiary/aromatic N) is 1. The van der Waals surface area contributed by atoms with Crippen molar-refractivity contribution >= 4 is 34.3 Å². The second-order valence-corrected chi connectivity index (χ2v) is 5.58. The van der Waals surface area contributed by atoms with Gasteiger partial charge in [-0.25, -0.2) is 4.79 Å².